The third kappa shape index (κ3) is 4.91. The number of imidazole rings is 1. The van der Waals surface area contributed by atoms with Crippen LogP contribution in [0.3, 0.4) is 0 Å². The third-order valence-electron chi connectivity index (χ3n) is 2.69. The van der Waals surface area contributed by atoms with Crippen LogP contribution in [0.25, 0.3) is 0 Å². The van der Waals surface area contributed by atoms with Crippen LogP contribution < -0.4 is 5.32 Å². The molecule has 0 radical (unpaired) electrons. The molecule has 112 valence electrons. The number of hydrogen-bond donors (Lipinski definition) is 1. The first-order valence-electron chi connectivity index (χ1n) is 6.79. The Balaban J connectivity index is 1.93. The molecule has 0 saturated heterocycles. The first-order chi connectivity index (χ1) is 9.94. The van der Waals surface area contributed by atoms with Gasteiger partial charge in [0.05, 0.1) is 25.1 Å². The van der Waals surface area contributed by atoms with Gasteiger partial charge in [-0.25, -0.2) is 9.78 Å². The first-order valence-corrected chi connectivity index (χ1v) is 6.79. The Morgan fingerprint density at radius 1 is 1.33 bits per heavy atom. The highest BCUT2D eigenvalue weighted by Gasteiger charge is 2.16. The highest BCUT2D eigenvalue weighted by atomic mass is 16.6. The lowest BCUT2D eigenvalue weighted by molar-refractivity contribution is 0.0522. The molecule has 0 fully saturated rings. The number of alkyl carbamates (subject to hydrolysis) is 1. The lowest BCUT2D eigenvalue weighted by Crippen LogP contribution is -2.32. The number of hydrogen-bond acceptors (Lipinski definition) is 4. The molecule has 0 aromatic carbocycles. The highest BCUT2D eigenvalue weighted by Crippen LogP contribution is 2.08. The average Bonchev–Trinajstić information content (AvgIpc) is 2.83. The second kappa shape index (κ2) is 6.39. The fourth-order valence-corrected chi connectivity index (χ4v) is 1.80. The van der Waals surface area contributed by atoms with E-state index < -0.39 is 11.7 Å². The Bertz CT molecular complexity index is 587. The quantitative estimate of drug-likeness (QED) is 0.937. The number of pyridine rings is 1. The molecule has 0 spiro atoms. The normalized spacial score (nSPS) is 11.2. The molecule has 1 N–H and O–H groups in total. The van der Waals surface area contributed by atoms with Crippen molar-refractivity contribution in [2.24, 2.45) is 0 Å². The Hall–Kier alpha value is -2.37. The van der Waals surface area contributed by atoms with Gasteiger partial charge in [0.15, 0.2) is 0 Å². The minimum absolute atomic E-state index is 0.370. The van der Waals surface area contributed by atoms with Gasteiger partial charge in [-0.15, -0.1) is 0 Å². The first kappa shape index (κ1) is 15.0. The zero-order valence-electron chi connectivity index (χ0n) is 12.5. The standard InChI is InChI=1S/C15H20N4O2/c1-15(2,3)21-14(20)18-9-13-8-17-11-19(13)10-12-5-4-6-16-7-12/h4-8,11H,9-10H2,1-3H3,(H,18,20). The van der Waals surface area contributed by atoms with Gasteiger partial charge in [-0.2, -0.15) is 0 Å². The summed E-state index contributed by atoms with van der Waals surface area (Å²) in [6.45, 7) is 6.53. The molecule has 0 atom stereocenters. The van der Waals surface area contributed by atoms with Crippen LogP contribution in [0.1, 0.15) is 32.0 Å². The van der Waals surface area contributed by atoms with E-state index in [9.17, 15) is 4.79 Å². The van der Waals surface area contributed by atoms with Gasteiger partial charge in [-0.1, -0.05) is 6.07 Å². The molecular weight excluding hydrogens is 268 g/mol. The summed E-state index contributed by atoms with van der Waals surface area (Å²) in [5.41, 5.74) is 1.48. The summed E-state index contributed by atoms with van der Waals surface area (Å²) < 4.78 is 7.17. The van der Waals surface area contributed by atoms with Crippen molar-refractivity contribution in [3.8, 4) is 0 Å². The molecule has 6 nitrogen and oxygen atoms in total. The van der Waals surface area contributed by atoms with Gasteiger partial charge in [0.1, 0.15) is 5.60 Å². The molecule has 2 aromatic heterocycles. The zero-order valence-corrected chi connectivity index (χ0v) is 12.5. The molecular formula is C15H20N4O2. The van der Waals surface area contributed by atoms with Gasteiger partial charge in [0.25, 0.3) is 0 Å². The van der Waals surface area contributed by atoms with Crippen molar-refractivity contribution in [2.75, 3.05) is 0 Å². The second-order valence-corrected chi connectivity index (χ2v) is 5.73. The second-order valence-electron chi connectivity index (χ2n) is 5.73. The van der Waals surface area contributed by atoms with Crippen LogP contribution in [-0.4, -0.2) is 26.2 Å². The van der Waals surface area contributed by atoms with E-state index in [2.05, 4.69) is 15.3 Å². The molecule has 0 unspecified atom stereocenters. The molecule has 0 aliphatic carbocycles. The summed E-state index contributed by atoms with van der Waals surface area (Å²) in [6, 6.07) is 3.89. The van der Waals surface area contributed by atoms with Crippen molar-refractivity contribution in [3.63, 3.8) is 0 Å². The maximum absolute atomic E-state index is 11.7. The predicted molar refractivity (Wildman–Crippen MR) is 78.6 cm³/mol. The molecule has 2 rings (SSSR count). The van der Waals surface area contributed by atoms with E-state index >= 15 is 0 Å². The van der Waals surface area contributed by atoms with E-state index in [-0.39, 0.29) is 0 Å². The Kier molecular flexibility index (Phi) is 4.57. The van der Waals surface area contributed by atoms with E-state index in [0.29, 0.717) is 13.1 Å². The van der Waals surface area contributed by atoms with Crippen molar-refractivity contribution in [2.45, 2.75) is 39.5 Å². The minimum atomic E-state index is -0.500. The van der Waals surface area contributed by atoms with Crippen LogP contribution in [0.15, 0.2) is 37.1 Å². The topological polar surface area (TPSA) is 69.0 Å². The number of carbonyl (C=O) groups excluding carboxylic acids is 1. The molecule has 0 saturated carbocycles. The molecule has 1 amide bonds. The molecule has 2 aromatic rings. The summed E-state index contributed by atoms with van der Waals surface area (Å²) >= 11 is 0. The molecule has 0 bridgehead atoms. The molecule has 21 heavy (non-hydrogen) atoms. The van der Waals surface area contributed by atoms with E-state index in [0.717, 1.165) is 11.3 Å². The molecule has 0 aliphatic rings. The van der Waals surface area contributed by atoms with Gasteiger partial charge >= 0.3 is 6.09 Å². The Morgan fingerprint density at radius 3 is 2.81 bits per heavy atom. The number of carbonyl (C=O) groups is 1. The largest absolute Gasteiger partial charge is 0.444 e. The van der Waals surface area contributed by atoms with Crippen molar-refractivity contribution >= 4 is 6.09 Å². The Morgan fingerprint density at radius 2 is 2.14 bits per heavy atom. The number of nitrogens with one attached hydrogen (secondary N) is 1. The molecule has 2 heterocycles. The fraction of sp³-hybridized carbons (Fsp3) is 0.400. The highest BCUT2D eigenvalue weighted by molar-refractivity contribution is 5.67. The van der Waals surface area contributed by atoms with Gasteiger partial charge < -0.3 is 14.6 Å². The van der Waals surface area contributed by atoms with E-state index in [1.807, 2.05) is 43.7 Å². The fourth-order valence-electron chi connectivity index (χ4n) is 1.80. The summed E-state index contributed by atoms with van der Waals surface area (Å²) in [4.78, 5) is 19.9. The van der Waals surface area contributed by atoms with Crippen LogP contribution in [0.4, 0.5) is 4.79 Å². The van der Waals surface area contributed by atoms with Gasteiger partial charge in [-0.05, 0) is 32.4 Å². The van der Waals surface area contributed by atoms with Crippen molar-refractivity contribution in [3.05, 3.63) is 48.3 Å². The van der Waals surface area contributed by atoms with E-state index in [1.54, 1.807) is 18.7 Å². The van der Waals surface area contributed by atoms with Crippen LogP contribution in [0.2, 0.25) is 0 Å². The minimum Gasteiger partial charge on any atom is -0.444 e. The summed E-state index contributed by atoms with van der Waals surface area (Å²) in [5, 5.41) is 2.73. The number of nitrogens with zero attached hydrogens (tertiary/aromatic N) is 3. The summed E-state index contributed by atoms with van der Waals surface area (Å²) in [5.74, 6) is 0. The number of rotatable bonds is 4. The van der Waals surface area contributed by atoms with Crippen molar-refractivity contribution < 1.29 is 9.53 Å². The van der Waals surface area contributed by atoms with E-state index in [4.69, 9.17) is 4.74 Å². The van der Waals surface area contributed by atoms with Gasteiger partial charge in [0, 0.05) is 18.6 Å². The van der Waals surface area contributed by atoms with Crippen LogP contribution in [-0.2, 0) is 17.8 Å². The van der Waals surface area contributed by atoms with Crippen LogP contribution >= 0.6 is 0 Å². The van der Waals surface area contributed by atoms with E-state index in [1.165, 1.54) is 0 Å². The Labute approximate surface area is 124 Å². The van der Waals surface area contributed by atoms with Gasteiger partial charge in [0.2, 0.25) is 0 Å². The van der Waals surface area contributed by atoms with Crippen molar-refractivity contribution in [1.82, 2.24) is 19.9 Å². The maximum atomic E-state index is 11.7. The smallest absolute Gasteiger partial charge is 0.407 e. The molecule has 6 heteroatoms. The number of aromatic nitrogens is 3. The zero-order chi connectivity index (χ0) is 15.3. The molecule has 0 aliphatic heterocycles. The number of amides is 1. The monoisotopic (exact) mass is 288 g/mol. The van der Waals surface area contributed by atoms with Crippen molar-refractivity contribution in [1.29, 1.82) is 0 Å². The lowest BCUT2D eigenvalue weighted by atomic mass is 10.2. The van der Waals surface area contributed by atoms with Crippen LogP contribution in [0.5, 0.6) is 0 Å². The lowest BCUT2D eigenvalue weighted by Gasteiger charge is -2.19. The maximum Gasteiger partial charge on any atom is 0.407 e. The third-order valence-corrected chi connectivity index (χ3v) is 2.69. The SMILES string of the molecule is CC(C)(C)OC(=O)NCc1cncn1Cc1cccnc1. The number of ether oxygens (including phenoxy) is 1. The van der Waals surface area contributed by atoms with Crippen LogP contribution in [0, 0.1) is 0 Å². The van der Waals surface area contributed by atoms with Gasteiger partial charge in [-0.3, -0.25) is 4.98 Å². The summed E-state index contributed by atoms with van der Waals surface area (Å²) in [7, 11) is 0. The average molecular weight is 288 g/mol. The predicted octanol–water partition coefficient (Wildman–Crippen LogP) is 2.35. The summed E-state index contributed by atoms with van der Waals surface area (Å²) in [6.07, 6.45) is 6.58.